The molecule has 4 N–H and O–H groups in total. The number of rotatable bonds is 8. The number of phenols is 1. The lowest BCUT2D eigenvalue weighted by Crippen LogP contribution is -2.20. The van der Waals surface area contributed by atoms with Crippen LogP contribution in [0.4, 0.5) is 5.82 Å². The largest absolute Gasteiger partial charge is 0.503 e. The number of ether oxygens (including phenoxy) is 1. The number of carbonyl (C=O) groups is 1. The number of aromatic hydroxyl groups is 1. The average Bonchev–Trinajstić information content (AvgIpc) is 3.32. The van der Waals surface area contributed by atoms with Crippen LogP contribution in [0.15, 0.2) is 26.3 Å². The Morgan fingerprint density at radius 2 is 2.23 bits per heavy atom. The summed E-state index contributed by atoms with van der Waals surface area (Å²) in [5, 5.41) is 29.0. The molecule has 0 atom stereocenters. The number of aromatic nitrogens is 5. The van der Waals surface area contributed by atoms with E-state index in [9.17, 15) is 9.90 Å². The molecule has 0 aliphatic rings. The Morgan fingerprint density at radius 1 is 1.43 bits per heavy atom. The van der Waals surface area contributed by atoms with Crippen molar-refractivity contribution in [2.45, 2.75) is 26.7 Å². The molecular weight excluding hydrogens is 460 g/mol. The Morgan fingerprint density at radius 3 is 2.90 bits per heavy atom. The second-order valence-corrected chi connectivity index (χ2v) is 6.86. The van der Waals surface area contributed by atoms with Crippen LogP contribution in [0, 0.1) is 0 Å². The van der Waals surface area contributed by atoms with E-state index in [1.165, 1.54) is 10.9 Å². The van der Waals surface area contributed by atoms with Crippen LogP contribution in [0.2, 0.25) is 0 Å². The monoisotopic (exact) mass is 478 g/mol. The van der Waals surface area contributed by atoms with Gasteiger partial charge in [0, 0.05) is 0 Å². The van der Waals surface area contributed by atoms with Gasteiger partial charge in [-0.05, 0) is 57.3 Å². The quantitative estimate of drug-likeness (QED) is 0.323. The molecule has 12 nitrogen and oxygen atoms in total. The molecular formula is C17H19BrN8O4. The summed E-state index contributed by atoms with van der Waals surface area (Å²) in [6.07, 6.45) is 2.63. The number of nitrogens with two attached hydrogens (primary N) is 1. The summed E-state index contributed by atoms with van der Waals surface area (Å²) in [4.78, 5) is 12.6. The first-order valence-corrected chi connectivity index (χ1v) is 9.77. The maximum Gasteiger partial charge on any atom is 0.293 e. The molecule has 1 aromatic carbocycles. The lowest BCUT2D eigenvalue weighted by molar-refractivity contribution is 0.0949. The smallest absolute Gasteiger partial charge is 0.293 e. The fourth-order valence-electron chi connectivity index (χ4n) is 2.60. The van der Waals surface area contributed by atoms with Crippen LogP contribution in [0.5, 0.6) is 11.5 Å². The molecule has 2 aromatic heterocycles. The third-order valence-electron chi connectivity index (χ3n) is 3.89. The van der Waals surface area contributed by atoms with Gasteiger partial charge in [-0.2, -0.15) is 9.78 Å². The molecule has 30 heavy (non-hydrogen) atoms. The molecule has 0 aliphatic carbocycles. The van der Waals surface area contributed by atoms with Crippen molar-refractivity contribution in [2.24, 2.45) is 5.10 Å². The third-order valence-corrected chi connectivity index (χ3v) is 4.50. The number of nitrogens with one attached hydrogen (secondary N) is 1. The predicted molar refractivity (Wildman–Crippen MR) is 110 cm³/mol. The second kappa shape index (κ2) is 9.35. The first-order valence-electron chi connectivity index (χ1n) is 8.97. The number of nitrogens with zero attached hydrogens (tertiary/aromatic N) is 6. The van der Waals surface area contributed by atoms with E-state index < -0.39 is 5.91 Å². The summed E-state index contributed by atoms with van der Waals surface area (Å²) in [5.41, 5.74) is 9.30. The molecule has 0 fully saturated rings. The number of anilines is 1. The number of halogens is 1. The lowest BCUT2D eigenvalue weighted by Gasteiger charge is -2.08. The van der Waals surface area contributed by atoms with Crippen molar-refractivity contribution in [3.8, 4) is 17.3 Å². The molecule has 13 heteroatoms. The maximum absolute atomic E-state index is 12.6. The zero-order valence-electron chi connectivity index (χ0n) is 16.2. The summed E-state index contributed by atoms with van der Waals surface area (Å²) < 4.78 is 11.7. The van der Waals surface area contributed by atoms with E-state index in [0.29, 0.717) is 34.5 Å². The molecule has 2 heterocycles. The summed E-state index contributed by atoms with van der Waals surface area (Å²) >= 11 is 3.25. The van der Waals surface area contributed by atoms with Gasteiger partial charge in [0.15, 0.2) is 17.2 Å². The number of nitrogen functional groups attached to an aromatic ring is 1. The molecule has 0 radical (unpaired) electrons. The van der Waals surface area contributed by atoms with Gasteiger partial charge in [-0.1, -0.05) is 18.6 Å². The van der Waals surface area contributed by atoms with Crippen molar-refractivity contribution in [1.29, 1.82) is 0 Å². The molecule has 0 unspecified atom stereocenters. The van der Waals surface area contributed by atoms with Crippen LogP contribution in [0.3, 0.4) is 0 Å². The van der Waals surface area contributed by atoms with E-state index in [1.807, 2.05) is 6.92 Å². The predicted octanol–water partition coefficient (Wildman–Crippen LogP) is 1.82. The normalized spacial score (nSPS) is 11.2. The van der Waals surface area contributed by atoms with Crippen molar-refractivity contribution in [2.75, 3.05) is 12.3 Å². The number of hydrogen-bond donors (Lipinski definition) is 3. The molecule has 0 saturated carbocycles. The molecule has 0 aliphatic heterocycles. The highest BCUT2D eigenvalue weighted by atomic mass is 79.9. The Bertz CT molecular complexity index is 1080. The topological polar surface area (TPSA) is 167 Å². The Hall–Kier alpha value is -3.48. The highest BCUT2D eigenvalue weighted by Gasteiger charge is 2.23. The summed E-state index contributed by atoms with van der Waals surface area (Å²) in [6.45, 7) is 4.14. The van der Waals surface area contributed by atoms with Crippen LogP contribution >= 0.6 is 15.9 Å². The molecule has 3 aromatic rings. The van der Waals surface area contributed by atoms with Gasteiger partial charge in [0.1, 0.15) is 0 Å². The summed E-state index contributed by atoms with van der Waals surface area (Å²) in [5.74, 6) is -0.0814. The van der Waals surface area contributed by atoms with Crippen molar-refractivity contribution in [1.82, 2.24) is 30.7 Å². The van der Waals surface area contributed by atoms with E-state index >= 15 is 0 Å². The van der Waals surface area contributed by atoms with E-state index in [1.54, 1.807) is 19.1 Å². The Balaban J connectivity index is 1.80. The lowest BCUT2D eigenvalue weighted by atomic mass is 10.2. The van der Waals surface area contributed by atoms with E-state index in [0.717, 1.165) is 6.42 Å². The molecule has 1 amide bonds. The van der Waals surface area contributed by atoms with Crippen molar-refractivity contribution in [3.63, 3.8) is 0 Å². The molecule has 0 spiro atoms. The van der Waals surface area contributed by atoms with Crippen molar-refractivity contribution < 1.29 is 19.3 Å². The first kappa shape index (κ1) is 21.2. The second-order valence-electron chi connectivity index (χ2n) is 6.00. The Kier molecular flexibility index (Phi) is 6.61. The standard InChI is InChI=1S/C17H19BrN8O4/c1-3-5-11-13(21-25-26(11)16-15(19)23-30-24-16)17(28)22-20-8-9-6-10(18)14(27)12(7-9)29-4-2/h6-8,27H,3-5H2,1-2H3,(H2,19,23)(H,22,28)/b20-8-. The number of benzene rings is 1. The van der Waals surface area contributed by atoms with Gasteiger partial charge in [-0.15, -0.1) is 5.10 Å². The van der Waals surface area contributed by atoms with Crippen LogP contribution in [-0.2, 0) is 6.42 Å². The van der Waals surface area contributed by atoms with Gasteiger partial charge < -0.3 is 15.6 Å². The number of amides is 1. The summed E-state index contributed by atoms with van der Waals surface area (Å²) in [6, 6.07) is 3.23. The number of hydrogen-bond acceptors (Lipinski definition) is 10. The fourth-order valence-corrected chi connectivity index (χ4v) is 3.06. The zero-order chi connectivity index (χ0) is 21.7. The van der Waals surface area contributed by atoms with Gasteiger partial charge in [-0.3, -0.25) is 4.79 Å². The van der Waals surface area contributed by atoms with Crippen molar-refractivity contribution >= 4 is 33.9 Å². The number of phenolic OH excluding ortho intramolecular Hbond substituents is 1. The van der Waals surface area contributed by atoms with Gasteiger partial charge in [0.25, 0.3) is 5.91 Å². The number of hydrazone groups is 1. The minimum atomic E-state index is -0.557. The maximum atomic E-state index is 12.6. The minimum Gasteiger partial charge on any atom is -0.503 e. The molecule has 0 saturated heterocycles. The van der Waals surface area contributed by atoms with Crippen LogP contribution < -0.4 is 15.9 Å². The fraction of sp³-hybridized carbons (Fsp3) is 0.294. The molecule has 3 rings (SSSR count). The van der Waals surface area contributed by atoms with Gasteiger partial charge in [0.05, 0.1) is 23.0 Å². The van der Waals surface area contributed by atoms with Gasteiger partial charge in [-0.25, -0.2) is 10.1 Å². The SMILES string of the molecule is CCCc1c(C(=O)N/N=C\c2cc(Br)c(O)c(OCC)c2)nnn1-c1nonc1N. The van der Waals surface area contributed by atoms with Crippen molar-refractivity contribution in [3.05, 3.63) is 33.6 Å². The van der Waals surface area contributed by atoms with E-state index in [-0.39, 0.29) is 23.1 Å². The van der Waals surface area contributed by atoms with E-state index in [2.05, 4.69) is 51.7 Å². The van der Waals surface area contributed by atoms with Crippen LogP contribution in [0.1, 0.15) is 42.0 Å². The van der Waals surface area contributed by atoms with Gasteiger partial charge in [0.2, 0.25) is 11.6 Å². The third kappa shape index (κ3) is 4.40. The highest BCUT2D eigenvalue weighted by Crippen LogP contribution is 2.35. The number of carbonyl (C=O) groups excluding carboxylic acids is 1. The highest BCUT2D eigenvalue weighted by molar-refractivity contribution is 9.10. The first-order chi connectivity index (χ1) is 14.5. The van der Waals surface area contributed by atoms with Crippen LogP contribution in [-0.4, -0.2) is 49.1 Å². The van der Waals surface area contributed by atoms with Crippen LogP contribution in [0.25, 0.3) is 5.82 Å². The van der Waals surface area contributed by atoms with Gasteiger partial charge >= 0.3 is 0 Å². The Labute approximate surface area is 179 Å². The minimum absolute atomic E-state index is 0.0134. The summed E-state index contributed by atoms with van der Waals surface area (Å²) in [7, 11) is 0. The van der Waals surface area contributed by atoms with E-state index in [4.69, 9.17) is 10.5 Å². The molecule has 158 valence electrons. The zero-order valence-corrected chi connectivity index (χ0v) is 17.7. The molecule has 0 bridgehead atoms. The average molecular weight is 479 g/mol.